The molecule has 1 aliphatic heterocycles. The third kappa shape index (κ3) is 2.44. The SMILES string of the molecule is CC(=C\c1ccccc1)/C=c1/sc2n(c1=O)CCN=2. The second-order valence-electron chi connectivity index (χ2n) is 4.53. The third-order valence-corrected chi connectivity index (χ3v) is 4.06. The van der Waals surface area contributed by atoms with E-state index in [1.54, 1.807) is 4.57 Å². The zero-order chi connectivity index (χ0) is 13.2. The van der Waals surface area contributed by atoms with Crippen molar-refractivity contribution in [2.24, 2.45) is 4.99 Å². The van der Waals surface area contributed by atoms with Crippen molar-refractivity contribution < 1.29 is 0 Å². The number of aromatic nitrogens is 1. The molecule has 0 N–H and O–H groups in total. The van der Waals surface area contributed by atoms with Crippen LogP contribution in [0.4, 0.5) is 0 Å². The van der Waals surface area contributed by atoms with E-state index >= 15 is 0 Å². The number of hydrogen-bond acceptors (Lipinski definition) is 3. The normalized spacial score (nSPS) is 15.4. The summed E-state index contributed by atoms with van der Waals surface area (Å²) in [7, 11) is 0. The Bertz CT molecular complexity index is 797. The van der Waals surface area contributed by atoms with Gasteiger partial charge in [-0.15, -0.1) is 0 Å². The van der Waals surface area contributed by atoms with Gasteiger partial charge in [-0.1, -0.05) is 47.7 Å². The Morgan fingerprint density at radius 1 is 1.37 bits per heavy atom. The molecule has 96 valence electrons. The largest absolute Gasteiger partial charge is 0.282 e. The fraction of sp³-hybridized carbons (Fsp3) is 0.200. The first kappa shape index (κ1) is 12.1. The van der Waals surface area contributed by atoms with Gasteiger partial charge in [0.05, 0.1) is 11.1 Å². The summed E-state index contributed by atoms with van der Waals surface area (Å²) in [6.45, 7) is 3.47. The van der Waals surface area contributed by atoms with Gasteiger partial charge in [0.15, 0.2) is 4.80 Å². The number of nitrogens with zero attached hydrogens (tertiary/aromatic N) is 2. The lowest BCUT2D eigenvalue weighted by Gasteiger charge is -1.93. The second-order valence-corrected chi connectivity index (χ2v) is 5.54. The molecular formula is C15H14N2OS. The van der Waals surface area contributed by atoms with Gasteiger partial charge >= 0.3 is 0 Å². The molecule has 1 aromatic heterocycles. The number of allylic oxidation sites excluding steroid dienone is 1. The van der Waals surface area contributed by atoms with Crippen molar-refractivity contribution in [2.45, 2.75) is 13.5 Å². The van der Waals surface area contributed by atoms with Gasteiger partial charge in [-0.25, -0.2) is 0 Å². The topological polar surface area (TPSA) is 34.4 Å². The summed E-state index contributed by atoms with van der Waals surface area (Å²) in [5.74, 6) is 0. The Labute approximate surface area is 114 Å². The average molecular weight is 270 g/mol. The molecule has 0 atom stereocenters. The van der Waals surface area contributed by atoms with E-state index in [0.717, 1.165) is 33.6 Å². The lowest BCUT2D eigenvalue weighted by atomic mass is 10.1. The Kier molecular flexibility index (Phi) is 3.17. The van der Waals surface area contributed by atoms with Crippen LogP contribution in [0.3, 0.4) is 0 Å². The molecule has 0 fully saturated rings. The first-order valence-corrected chi connectivity index (χ1v) is 7.05. The van der Waals surface area contributed by atoms with Crippen LogP contribution in [0, 0.1) is 0 Å². The minimum absolute atomic E-state index is 0.0852. The Morgan fingerprint density at radius 3 is 2.89 bits per heavy atom. The molecule has 3 rings (SSSR count). The zero-order valence-electron chi connectivity index (χ0n) is 10.7. The molecule has 1 aromatic carbocycles. The summed E-state index contributed by atoms with van der Waals surface area (Å²) in [5, 5.41) is 0. The van der Waals surface area contributed by atoms with E-state index in [0.29, 0.717) is 0 Å². The van der Waals surface area contributed by atoms with Crippen molar-refractivity contribution in [3.05, 3.63) is 61.2 Å². The first-order chi connectivity index (χ1) is 9.24. The van der Waals surface area contributed by atoms with Crippen molar-refractivity contribution in [3.63, 3.8) is 0 Å². The van der Waals surface area contributed by atoms with Crippen LogP contribution in [0.15, 0.2) is 45.7 Å². The Balaban J connectivity index is 2.03. The molecule has 0 amide bonds. The fourth-order valence-electron chi connectivity index (χ4n) is 2.13. The molecule has 1 aliphatic rings. The molecule has 0 aliphatic carbocycles. The summed E-state index contributed by atoms with van der Waals surface area (Å²) < 4.78 is 2.52. The highest BCUT2D eigenvalue weighted by Gasteiger charge is 2.09. The molecule has 19 heavy (non-hydrogen) atoms. The van der Waals surface area contributed by atoms with Crippen molar-refractivity contribution in [1.29, 1.82) is 0 Å². The quantitative estimate of drug-likeness (QED) is 0.813. The van der Waals surface area contributed by atoms with E-state index in [2.05, 4.69) is 11.1 Å². The van der Waals surface area contributed by atoms with Gasteiger partial charge in [-0.3, -0.25) is 14.4 Å². The summed E-state index contributed by atoms with van der Waals surface area (Å²) in [6, 6.07) is 10.1. The first-order valence-electron chi connectivity index (χ1n) is 6.23. The van der Waals surface area contributed by atoms with Crippen LogP contribution in [-0.2, 0) is 6.54 Å². The number of fused-ring (bicyclic) bond motifs is 1. The van der Waals surface area contributed by atoms with Crippen LogP contribution in [0.2, 0.25) is 0 Å². The molecule has 0 spiro atoms. The minimum Gasteiger partial charge on any atom is -0.282 e. The Hall–Kier alpha value is -1.94. The van der Waals surface area contributed by atoms with Crippen LogP contribution in [0.5, 0.6) is 0 Å². The van der Waals surface area contributed by atoms with E-state index in [1.807, 2.05) is 43.3 Å². The van der Waals surface area contributed by atoms with Crippen LogP contribution in [-0.4, -0.2) is 11.1 Å². The second kappa shape index (κ2) is 4.97. The van der Waals surface area contributed by atoms with E-state index in [-0.39, 0.29) is 5.56 Å². The Morgan fingerprint density at radius 2 is 2.16 bits per heavy atom. The average Bonchev–Trinajstić information content (AvgIpc) is 2.96. The molecule has 0 radical (unpaired) electrons. The van der Waals surface area contributed by atoms with Gasteiger partial charge in [0.1, 0.15) is 0 Å². The molecule has 0 unspecified atom stereocenters. The minimum atomic E-state index is 0.0852. The van der Waals surface area contributed by atoms with Gasteiger partial charge in [-0.2, -0.15) is 0 Å². The van der Waals surface area contributed by atoms with Crippen molar-refractivity contribution in [1.82, 2.24) is 4.57 Å². The maximum atomic E-state index is 12.1. The highest BCUT2D eigenvalue weighted by atomic mass is 32.1. The van der Waals surface area contributed by atoms with E-state index in [9.17, 15) is 4.79 Å². The van der Waals surface area contributed by atoms with Gasteiger partial charge < -0.3 is 0 Å². The standard InChI is InChI=1S/C15H14N2OS/c1-11(9-12-5-3-2-4-6-12)10-13-14(18)17-8-7-16-15(17)19-13/h2-6,9-10H,7-8H2,1H3/b11-9+,13-10+. The van der Waals surface area contributed by atoms with Crippen molar-refractivity contribution in [2.75, 3.05) is 6.54 Å². The van der Waals surface area contributed by atoms with Gasteiger partial charge in [0.2, 0.25) is 0 Å². The van der Waals surface area contributed by atoms with Crippen molar-refractivity contribution in [3.8, 4) is 0 Å². The predicted octanol–water partition coefficient (Wildman–Crippen LogP) is 1.43. The molecule has 0 saturated carbocycles. The van der Waals surface area contributed by atoms with E-state index < -0.39 is 0 Å². The summed E-state index contributed by atoms with van der Waals surface area (Å²) in [6.07, 6.45) is 4.02. The van der Waals surface area contributed by atoms with Gasteiger partial charge in [-0.05, 0) is 24.1 Å². The highest BCUT2D eigenvalue weighted by molar-refractivity contribution is 7.07. The molecule has 4 heteroatoms. The summed E-state index contributed by atoms with van der Waals surface area (Å²) in [5.41, 5.74) is 2.30. The molecule has 3 nitrogen and oxygen atoms in total. The number of rotatable bonds is 2. The van der Waals surface area contributed by atoms with E-state index in [4.69, 9.17) is 0 Å². The highest BCUT2D eigenvalue weighted by Crippen LogP contribution is 2.06. The lowest BCUT2D eigenvalue weighted by molar-refractivity contribution is 0.740. The lowest BCUT2D eigenvalue weighted by Crippen LogP contribution is -2.29. The molecule has 2 aromatic rings. The fourth-order valence-corrected chi connectivity index (χ4v) is 3.21. The van der Waals surface area contributed by atoms with Crippen LogP contribution >= 0.6 is 11.3 Å². The van der Waals surface area contributed by atoms with Crippen LogP contribution < -0.4 is 14.9 Å². The molecule has 0 bridgehead atoms. The van der Waals surface area contributed by atoms with Gasteiger partial charge in [0, 0.05) is 6.54 Å². The van der Waals surface area contributed by atoms with E-state index in [1.165, 1.54) is 11.3 Å². The van der Waals surface area contributed by atoms with Crippen molar-refractivity contribution >= 4 is 23.5 Å². The number of thiazole rings is 1. The molecular weight excluding hydrogens is 256 g/mol. The van der Waals surface area contributed by atoms with Crippen LogP contribution in [0.25, 0.3) is 12.2 Å². The smallest absolute Gasteiger partial charge is 0.270 e. The van der Waals surface area contributed by atoms with Crippen LogP contribution in [0.1, 0.15) is 12.5 Å². The summed E-state index contributed by atoms with van der Waals surface area (Å²) >= 11 is 1.47. The maximum absolute atomic E-state index is 12.1. The predicted molar refractivity (Wildman–Crippen MR) is 78.8 cm³/mol. The number of benzene rings is 1. The monoisotopic (exact) mass is 270 g/mol. The molecule has 2 heterocycles. The zero-order valence-corrected chi connectivity index (χ0v) is 11.5. The third-order valence-electron chi connectivity index (χ3n) is 3.01. The molecule has 0 saturated heterocycles. The number of hydrogen-bond donors (Lipinski definition) is 0. The van der Waals surface area contributed by atoms with Gasteiger partial charge in [0.25, 0.3) is 5.56 Å². The maximum Gasteiger partial charge on any atom is 0.270 e. The summed E-state index contributed by atoms with van der Waals surface area (Å²) in [4.78, 5) is 17.3.